The number of carbonyl (C=O) groups excluding carboxylic acids is 1. The van der Waals surface area contributed by atoms with Gasteiger partial charge in [0.05, 0.1) is 6.57 Å². The molecule has 188 valence electrons. The highest BCUT2D eigenvalue weighted by Gasteiger charge is 2.25. The molecule has 0 saturated carbocycles. The van der Waals surface area contributed by atoms with Crippen molar-refractivity contribution in [2.45, 2.75) is 13.3 Å². The minimum Gasteiger partial charge on any atom is -0.446 e. The van der Waals surface area contributed by atoms with Crippen LogP contribution in [0.5, 0.6) is 11.6 Å². The molecular formula is C27H24F2N6O2. The maximum atomic E-state index is 15.0. The molecule has 3 aromatic rings. The van der Waals surface area contributed by atoms with Crippen molar-refractivity contribution in [3.05, 3.63) is 82.0 Å². The maximum Gasteiger partial charge on any atom is 0.288 e. The highest BCUT2D eigenvalue weighted by atomic mass is 19.1. The third-order valence-corrected chi connectivity index (χ3v) is 6.46. The molecule has 0 bridgehead atoms. The van der Waals surface area contributed by atoms with Crippen LogP contribution in [0.3, 0.4) is 0 Å². The number of nitrogens with zero attached hydrogens (tertiary/aromatic N) is 5. The van der Waals surface area contributed by atoms with Crippen LogP contribution in [0, 0.1) is 18.2 Å². The van der Waals surface area contributed by atoms with Crippen LogP contribution in [0.1, 0.15) is 28.4 Å². The SMILES string of the molecule is [C-]#[N+]c1c(Nc2ccc(C(=O)N3CCN(C)CC3)cc2)ncnc1Oc1cc(F)c2c(c1F)C=C(C)C2. The van der Waals surface area contributed by atoms with Gasteiger partial charge in [0.15, 0.2) is 11.6 Å². The molecule has 1 aromatic heterocycles. The quantitative estimate of drug-likeness (QED) is 0.484. The van der Waals surface area contributed by atoms with E-state index in [1.807, 2.05) is 11.9 Å². The van der Waals surface area contributed by atoms with Gasteiger partial charge in [0, 0.05) is 54.6 Å². The number of hydrogen-bond donors (Lipinski definition) is 1. The Morgan fingerprint density at radius 3 is 2.57 bits per heavy atom. The van der Waals surface area contributed by atoms with Gasteiger partial charge in [0.2, 0.25) is 5.88 Å². The molecule has 0 spiro atoms. The van der Waals surface area contributed by atoms with Gasteiger partial charge >= 0.3 is 0 Å². The number of piperazine rings is 1. The third kappa shape index (κ3) is 4.86. The average molecular weight is 503 g/mol. The van der Waals surface area contributed by atoms with Crippen LogP contribution >= 0.6 is 0 Å². The summed E-state index contributed by atoms with van der Waals surface area (Å²) in [5, 5.41) is 3.02. The minimum atomic E-state index is -0.710. The fourth-order valence-corrected chi connectivity index (χ4v) is 4.40. The van der Waals surface area contributed by atoms with Crippen LogP contribution in [-0.4, -0.2) is 58.9 Å². The summed E-state index contributed by atoms with van der Waals surface area (Å²) in [5.74, 6) is -1.75. The second kappa shape index (κ2) is 9.95. The topological polar surface area (TPSA) is 75.0 Å². The number of benzene rings is 2. The predicted molar refractivity (Wildman–Crippen MR) is 135 cm³/mol. The van der Waals surface area contributed by atoms with E-state index in [2.05, 4.69) is 25.0 Å². The summed E-state index contributed by atoms with van der Waals surface area (Å²) in [5.41, 5.74) is 2.33. The van der Waals surface area contributed by atoms with E-state index in [-0.39, 0.29) is 40.2 Å². The van der Waals surface area contributed by atoms with Gasteiger partial charge in [-0.05, 0) is 44.7 Å². The number of likely N-dealkylation sites (N-methyl/N-ethyl adjacent to an activating group) is 1. The van der Waals surface area contributed by atoms with Crippen molar-refractivity contribution in [2.75, 3.05) is 38.5 Å². The number of anilines is 2. The zero-order valence-electron chi connectivity index (χ0n) is 20.4. The van der Waals surface area contributed by atoms with Crippen molar-refractivity contribution in [1.82, 2.24) is 19.8 Å². The van der Waals surface area contributed by atoms with Crippen LogP contribution in [-0.2, 0) is 6.42 Å². The van der Waals surface area contributed by atoms with Gasteiger partial charge in [-0.3, -0.25) is 4.79 Å². The first-order valence-corrected chi connectivity index (χ1v) is 11.8. The average Bonchev–Trinajstić information content (AvgIpc) is 3.30. The Morgan fingerprint density at radius 1 is 1.14 bits per heavy atom. The fourth-order valence-electron chi connectivity index (χ4n) is 4.40. The Morgan fingerprint density at radius 2 is 1.86 bits per heavy atom. The van der Waals surface area contributed by atoms with E-state index in [0.29, 0.717) is 30.8 Å². The number of nitrogens with one attached hydrogen (secondary N) is 1. The third-order valence-electron chi connectivity index (χ3n) is 6.46. The Balaban J connectivity index is 1.35. The van der Waals surface area contributed by atoms with Gasteiger partial charge in [-0.1, -0.05) is 11.6 Å². The first-order chi connectivity index (χ1) is 17.8. The number of fused-ring (bicyclic) bond motifs is 1. The Labute approximate surface area is 213 Å². The van der Waals surface area contributed by atoms with Gasteiger partial charge in [-0.2, -0.15) is 0 Å². The van der Waals surface area contributed by atoms with Crippen molar-refractivity contribution in [3.63, 3.8) is 0 Å². The molecule has 5 rings (SSSR count). The first kappa shape index (κ1) is 24.3. The van der Waals surface area contributed by atoms with E-state index < -0.39 is 11.6 Å². The van der Waals surface area contributed by atoms with Crippen molar-refractivity contribution in [1.29, 1.82) is 0 Å². The normalized spacial score (nSPS) is 15.1. The van der Waals surface area contributed by atoms with Gasteiger partial charge < -0.3 is 19.9 Å². The lowest BCUT2D eigenvalue weighted by molar-refractivity contribution is 0.0664. The summed E-state index contributed by atoms with van der Waals surface area (Å²) >= 11 is 0. The van der Waals surface area contributed by atoms with Crippen LogP contribution in [0.25, 0.3) is 10.9 Å². The summed E-state index contributed by atoms with van der Waals surface area (Å²) in [7, 11) is 2.03. The summed E-state index contributed by atoms with van der Waals surface area (Å²) < 4.78 is 35.2. The molecule has 1 amide bonds. The van der Waals surface area contributed by atoms with Gasteiger partial charge in [0.25, 0.3) is 11.6 Å². The molecule has 0 radical (unpaired) electrons. The molecule has 1 aliphatic heterocycles. The fraction of sp³-hybridized carbons (Fsp3) is 0.259. The van der Waals surface area contributed by atoms with E-state index in [9.17, 15) is 9.18 Å². The lowest BCUT2D eigenvalue weighted by Gasteiger charge is -2.32. The number of amides is 1. The molecule has 8 nitrogen and oxygen atoms in total. The smallest absolute Gasteiger partial charge is 0.288 e. The largest absolute Gasteiger partial charge is 0.446 e. The van der Waals surface area contributed by atoms with Crippen molar-refractivity contribution in [3.8, 4) is 11.6 Å². The molecule has 0 atom stereocenters. The molecule has 37 heavy (non-hydrogen) atoms. The predicted octanol–water partition coefficient (Wildman–Crippen LogP) is 5.19. The molecule has 2 heterocycles. The number of carbonyl (C=O) groups is 1. The number of rotatable bonds is 5. The summed E-state index contributed by atoms with van der Waals surface area (Å²) in [4.78, 5) is 28.3. The van der Waals surface area contributed by atoms with E-state index in [0.717, 1.165) is 24.7 Å². The number of hydrogen-bond acceptors (Lipinski definition) is 6. The number of halogens is 2. The van der Waals surface area contributed by atoms with Gasteiger partial charge in [0.1, 0.15) is 18.0 Å². The highest BCUT2D eigenvalue weighted by molar-refractivity contribution is 5.94. The van der Waals surface area contributed by atoms with Crippen molar-refractivity contribution < 1.29 is 18.3 Å². The molecule has 2 aromatic carbocycles. The maximum absolute atomic E-state index is 15.0. The Hall–Kier alpha value is -4.36. The first-order valence-electron chi connectivity index (χ1n) is 11.8. The van der Waals surface area contributed by atoms with Gasteiger partial charge in [-0.25, -0.2) is 23.6 Å². The highest BCUT2D eigenvalue weighted by Crippen LogP contribution is 2.40. The molecule has 1 aliphatic carbocycles. The Kier molecular flexibility index (Phi) is 6.54. The lowest BCUT2D eigenvalue weighted by Crippen LogP contribution is -2.47. The summed E-state index contributed by atoms with van der Waals surface area (Å²) in [6.07, 6.45) is 3.10. The van der Waals surface area contributed by atoms with Crippen LogP contribution in [0.2, 0.25) is 0 Å². The van der Waals surface area contributed by atoms with Crippen molar-refractivity contribution in [2.24, 2.45) is 0 Å². The molecule has 10 heteroatoms. The molecular weight excluding hydrogens is 478 g/mol. The van der Waals surface area contributed by atoms with Crippen molar-refractivity contribution >= 4 is 29.2 Å². The second-order valence-corrected chi connectivity index (χ2v) is 9.12. The number of ether oxygens (including phenoxy) is 1. The summed E-state index contributed by atoms with van der Waals surface area (Å²) in [6, 6.07) is 7.81. The molecule has 1 saturated heterocycles. The Bertz CT molecular complexity index is 1440. The molecule has 1 fully saturated rings. The second-order valence-electron chi connectivity index (χ2n) is 9.12. The van der Waals surface area contributed by atoms with Crippen LogP contribution < -0.4 is 10.1 Å². The molecule has 1 N–H and O–H groups in total. The zero-order valence-corrected chi connectivity index (χ0v) is 20.4. The van der Waals surface area contributed by atoms with E-state index in [4.69, 9.17) is 11.3 Å². The van der Waals surface area contributed by atoms with E-state index in [1.54, 1.807) is 37.3 Å². The van der Waals surface area contributed by atoms with Gasteiger partial charge in [-0.15, -0.1) is 0 Å². The monoisotopic (exact) mass is 502 g/mol. The van der Waals surface area contributed by atoms with Crippen LogP contribution in [0.15, 0.2) is 42.2 Å². The zero-order chi connectivity index (χ0) is 26.1. The molecule has 2 aliphatic rings. The molecule has 0 unspecified atom stereocenters. The van der Waals surface area contributed by atoms with E-state index >= 15 is 4.39 Å². The number of allylic oxidation sites excluding steroid dienone is 1. The van der Waals surface area contributed by atoms with Crippen LogP contribution in [0.4, 0.5) is 26.0 Å². The minimum absolute atomic E-state index is 0.0344. The summed E-state index contributed by atoms with van der Waals surface area (Å²) in [6.45, 7) is 12.4. The standard InChI is InChI=1S/C27H24F2N6O2/c1-16-12-19-20(13-16)23(29)22(14-21(19)28)37-26-24(30-2)25(31-15-32-26)33-18-6-4-17(5-7-18)27(36)35-10-8-34(3)9-11-35/h4-7,13-15H,8-12H2,1,3H3,(H,31,32,33). The number of aromatic nitrogens is 2. The lowest BCUT2D eigenvalue weighted by atomic mass is 10.1. The van der Waals surface area contributed by atoms with E-state index in [1.165, 1.54) is 6.33 Å².